The number of anilines is 1. The number of amides is 1. The van der Waals surface area contributed by atoms with Crippen LogP contribution in [0.5, 0.6) is 5.75 Å². The van der Waals surface area contributed by atoms with Crippen LogP contribution in [-0.4, -0.2) is 5.91 Å². The van der Waals surface area contributed by atoms with Crippen molar-refractivity contribution < 1.29 is 13.9 Å². The number of hydrogen-bond donors (Lipinski definition) is 1. The Labute approximate surface area is 130 Å². The first-order valence-corrected chi connectivity index (χ1v) is 7.28. The van der Waals surface area contributed by atoms with Crippen LogP contribution >= 0.6 is 0 Å². The van der Waals surface area contributed by atoms with Gasteiger partial charge in [-0.3, -0.25) is 4.79 Å². The van der Waals surface area contributed by atoms with Crippen LogP contribution in [0.15, 0.2) is 36.4 Å². The monoisotopic (exact) mass is 301 g/mol. The van der Waals surface area contributed by atoms with E-state index in [1.54, 1.807) is 13.0 Å². The summed E-state index contributed by atoms with van der Waals surface area (Å²) in [5.41, 5.74) is 3.38. The largest absolute Gasteiger partial charge is 0.489 e. The van der Waals surface area contributed by atoms with Crippen LogP contribution in [0, 0.1) is 19.7 Å². The Hall–Kier alpha value is -2.36. The van der Waals surface area contributed by atoms with Gasteiger partial charge >= 0.3 is 0 Å². The lowest BCUT2D eigenvalue weighted by Crippen LogP contribution is -2.12. The normalized spacial score (nSPS) is 10.4. The fourth-order valence-electron chi connectivity index (χ4n) is 2.16. The summed E-state index contributed by atoms with van der Waals surface area (Å²) in [6.07, 6.45) is 0.370. The Bertz CT molecular complexity index is 683. The average Bonchev–Trinajstić information content (AvgIpc) is 2.48. The van der Waals surface area contributed by atoms with Gasteiger partial charge in [-0.05, 0) is 43.7 Å². The number of hydrogen-bond acceptors (Lipinski definition) is 2. The Kier molecular flexibility index (Phi) is 5.15. The Morgan fingerprint density at radius 3 is 2.64 bits per heavy atom. The van der Waals surface area contributed by atoms with Crippen LogP contribution in [0.1, 0.15) is 30.0 Å². The molecule has 0 unspecified atom stereocenters. The maximum Gasteiger partial charge on any atom is 0.224 e. The third-order valence-corrected chi connectivity index (χ3v) is 3.38. The van der Waals surface area contributed by atoms with E-state index in [2.05, 4.69) is 5.32 Å². The molecule has 3 nitrogen and oxygen atoms in total. The van der Waals surface area contributed by atoms with E-state index in [9.17, 15) is 9.18 Å². The third-order valence-electron chi connectivity index (χ3n) is 3.38. The number of halogens is 1. The van der Waals surface area contributed by atoms with E-state index in [1.807, 2.05) is 32.0 Å². The van der Waals surface area contributed by atoms with Gasteiger partial charge in [0.1, 0.15) is 18.2 Å². The van der Waals surface area contributed by atoms with Crippen molar-refractivity contribution in [3.8, 4) is 5.75 Å². The highest BCUT2D eigenvalue weighted by molar-refractivity contribution is 5.91. The first-order chi connectivity index (χ1) is 10.5. The lowest BCUT2D eigenvalue weighted by atomic mass is 10.1. The number of aryl methyl sites for hydroxylation is 2. The highest BCUT2D eigenvalue weighted by Crippen LogP contribution is 2.23. The molecule has 0 spiro atoms. The molecule has 0 heterocycles. The second kappa shape index (κ2) is 7.07. The first kappa shape index (κ1) is 16.0. The Morgan fingerprint density at radius 2 is 1.95 bits per heavy atom. The molecule has 22 heavy (non-hydrogen) atoms. The van der Waals surface area contributed by atoms with Crippen molar-refractivity contribution in [2.75, 3.05) is 5.32 Å². The van der Waals surface area contributed by atoms with Crippen molar-refractivity contribution in [3.63, 3.8) is 0 Å². The summed E-state index contributed by atoms with van der Waals surface area (Å²) < 4.78 is 19.2. The maximum absolute atomic E-state index is 13.5. The van der Waals surface area contributed by atoms with Crippen molar-refractivity contribution in [2.24, 2.45) is 0 Å². The molecule has 0 atom stereocenters. The summed E-state index contributed by atoms with van der Waals surface area (Å²) in [6.45, 7) is 5.95. The zero-order valence-electron chi connectivity index (χ0n) is 13.1. The van der Waals surface area contributed by atoms with Crippen LogP contribution < -0.4 is 10.1 Å². The van der Waals surface area contributed by atoms with Crippen LogP contribution in [0.3, 0.4) is 0 Å². The number of nitrogens with one attached hydrogen (secondary N) is 1. The zero-order chi connectivity index (χ0) is 16.1. The van der Waals surface area contributed by atoms with E-state index >= 15 is 0 Å². The highest BCUT2D eigenvalue weighted by Gasteiger charge is 2.09. The molecule has 0 saturated heterocycles. The molecule has 0 aliphatic carbocycles. The van der Waals surface area contributed by atoms with Crippen molar-refractivity contribution >= 4 is 11.6 Å². The molecule has 116 valence electrons. The zero-order valence-corrected chi connectivity index (χ0v) is 13.1. The molecular formula is C18H20FNO2. The Balaban J connectivity index is 2.17. The van der Waals surface area contributed by atoms with Gasteiger partial charge < -0.3 is 10.1 Å². The van der Waals surface area contributed by atoms with E-state index < -0.39 is 0 Å². The smallest absolute Gasteiger partial charge is 0.224 e. The number of carbonyl (C=O) groups excluding carboxylic acids is 1. The summed E-state index contributed by atoms with van der Waals surface area (Å²) in [7, 11) is 0. The summed E-state index contributed by atoms with van der Waals surface area (Å²) in [5.74, 6) is 0.288. The van der Waals surface area contributed by atoms with Gasteiger partial charge in [0.25, 0.3) is 0 Å². The minimum absolute atomic E-state index is 0.112. The van der Waals surface area contributed by atoms with Crippen molar-refractivity contribution in [3.05, 3.63) is 58.9 Å². The molecule has 2 aromatic rings. The van der Waals surface area contributed by atoms with E-state index in [1.165, 1.54) is 12.1 Å². The molecule has 2 aromatic carbocycles. The van der Waals surface area contributed by atoms with Crippen LogP contribution in [-0.2, 0) is 11.4 Å². The SMILES string of the molecule is CCC(=O)Nc1ccc(F)cc1COc1ccc(C)cc1C. The van der Waals surface area contributed by atoms with Gasteiger partial charge in [-0.15, -0.1) is 0 Å². The lowest BCUT2D eigenvalue weighted by molar-refractivity contribution is -0.115. The standard InChI is InChI=1S/C18H20FNO2/c1-4-18(21)20-16-7-6-15(19)10-14(16)11-22-17-8-5-12(2)9-13(17)3/h5-10H,4,11H2,1-3H3,(H,20,21). The molecule has 0 radical (unpaired) electrons. The molecule has 1 amide bonds. The number of ether oxygens (including phenoxy) is 1. The van der Waals surface area contributed by atoms with E-state index in [0.29, 0.717) is 17.7 Å². The quantitative estimate of drug-likeness (QED) is 0.890. The van der Waals surface area contributed by atoms with E-state index in [4.69, 9.17) is 4.74 Å². The first-order valence-electron chi connectivity index (χ1n) is 7.28. The fourth-order valence-corrected chi connectivity index (χ4v) is 2.16. The minimum atomic E-state index is -0.353. The summed E-state index contributed by atoms with van der Waals surface area (Å²) in [6, 6.07) is 10.2. The van der Waals surface area contributed by atoms with E-state index in [0.717, 1.165) is 16.9 Å². The lowest BCUT2D eigenvalue weighted by Gasteiger charge is -2.13. The van der Waals surface area contributed by atoms with Crippen LogP contribution in [0.25, 0.3) is 0 Å². The maximum atomic E-state index is 13.5. The number of benzene rings is 2. The number of carbonyl (C=O) groups is 1. The Morgan fingerprint density at radius 1 is 1.18 bits per heavy atom. The molecule has 0 saturated carbocycles. The predicted octanol–water partition coefficient (Wildman–Crippen LogP) is 4.37. The molecule has 0 aromatic heterocycles. The minimum Gasteiger partial charge on any atom is -0.489 e. The summed E-state index contributed by atoms with van der Waals surface area (Å²) in [4.78, 5) is 11.5. The molecule has 0 bridgehead atoms. The molecule has 0 aliphatic heterocycles. The van der Waals surface area contributed by atoms with Gasteiger partial charge in [-0.25, -0.2) is 4.39 Å². The highest BCUT2D eigenvalue weighted by atomic mass is 19.1. The van der Waals surface area contributed by atoms with Crippen LogP contribution in [0.2, 0.25) is 0 Å². The molecule has 0 fully saturated rings. The average molecular weight is 301 g/mol. The number of rotatable bonds is 5. The van der Waals surface area contributed by atoms with Crippen molar-refractivity contribution in [1.29, 1.82) is 0 Å². The third kappa shape index (κ3) is 4.07. The van der Waals surface area contributed by atoms with Crippen molar-refractivity contribution in [2.45, 2.75) is 33.8 Å². The molecule has 1 N–H and O–H groups in total. The molecular weight excluding hydrogens is 281 g/mol. The molecule has 2 rings (SSSR count). The van der Waals surface area contributed by atoms with Gasteiger partial charge in [-0.2, -0.15) is 0 Å². The summed E-state index contributed by atoms with van der Waals surface area (Å²) in [5, 5.41) is 2.76. The van der Waals surface area contributed by atoms with Crippen molar-refractivity contribution in [1.82, 2.24) is 0 Å². The predicted molar refractivity (Wildman–Crippen MR) is 85.6 cm³/mol. The fraction of sp³-hybridized carbons (Fsp3) is 0.278. The topological polar surface area (TPSA) is 38.3 Å². The second-order valence-corrected chi connectivity index (χ2v) is 5.26. The van der Waals surface area contributed by atoms with Gasteiger partial charge in [0.05, 0.1) is 0 Å². The second-order valence-electron chi connectivity index (χ2n) is 5.26. The van der Waals surface area contributed by atoms with E-state index in [-0.39, 0.29) is 18.3 Å². The van der Waals surface area contributed by atoms with Gasteiger partial charge in [0, 0.05) is 17.7 Å². The molecule has 4 heteroatoms. The van der Waals surface area contributed by atoms with Gasteiger partial charge in [0.15, 0.2) is 0 Å². The van der Waals surface area contributed by atoms with Crippen LogP contribution in [0.4, 0.5) is 10.1 Å². The van der Waals surface area contributed by atoms with Gasteiger partial charge in [-0.1, -0.05) is 24.6 Å². The summed E-state index contributed by atoms with van der Waals surface area (Å²) >= 11 is 0. The van der Waals surface area contributed by atoms with Gasteiger partial charge in [0.2, 0.25) is 5.91 Å². The molecule has 0 aliphatic rings.